The van der Waals surface area contributed by atoms with Crippen LogP contribution in [0.5, 0.6) is 5.75 Å². The summed E-state index contributed by atoms with van der Waals surface area (Å²) >= 11 is 0. The van der Waals surface area contributed by atoms with Crippen LogP contribution in [0.25, 0.3) is 4.85 Å². The van der Waals surface area contributed by atoms with E-state index in [4.69, 9.17) is 12.7 Å². The normalized spacial score (nSPS) is 11.9. The molecule has 0 bridgehead atoms. The van der Waals surface area contributed by atoms with Crippen molar-refractivity contribution in [3.63, 3.8) is 0 Å². The van der Waals surface area contributed by atoms with Crippen molar-refractivity contribution in [3.8, 4) is 17.6 Å². The molecule has 2 aromatic rings. The molecular formula is C22H24N2O3. The molecule has 0 heterocycles. The van der Waals surface area contributed by atoms with Crippen molar-refractivity contribution in [1.29, 1.82) is 0 Å². The number of rotatable bonds is 5. The van der Waals surface area contributed by atoms with Crippen LogP contribution in [0.1, 0.15) is 33.7 Å². The molecule has 0 aliphatic heterocycles. The van der Waals surface area contributed by atoms with Crippen LogP contribution in [0.2, 0.25) is 0 Å². The number of aliphatic hydroxyl groups is 1. The average Bonchev–Trinajstić information content (AvgIpc) is 2.71. The van der Waals surface area contributed by atoms with E-state index >= 15 is 0 Å². The first-order chi connectivity index (χ1) is 13.4. The maximum atomic E-state index is 12.4. The van der Waals surface area contributed by atoms with Crippen molar-refractivity contribution >= 4 is 17.3 Å². The van der Waals surface area contributed by atoms with E-state index < -0.39 is 11.5 Å². The lowest BCUT2D eigenvalue weighted by atomic mass is 10.1. The minimum Gasteiger partial charge on any atom is -0.490 e. The van der Waals surface area contributed by atoms with Crippen molar-refractivity contribution in [2.24, 2.45) is 0 Å². The van der Waals surface area contributed by atoms with E-state index in [9.17, 15) is 9.90 Å². The van der Waals surface area contributed by atoms with Gasteiger partial charge in [-0.05, 0) is 50.6 Å². The number of nitrogens with zero attached hydrogens (tertiary/aromatic N) is 1. The van der Waals surface area contributed by atoms with E-state index in [1.807, 2.05) is 13.0 Å². The highest BCUT2D eigenvalue weighted by atomic mass is 16.5. The fourth-order valence-electron chi connectivity index (χ4n) is 2.14. The Labute approximate surface area is 162 Å². The molecule has 5 nitrogen and oxygen atoms in total. The van der Waals surface area contributed by atoms with Gasteiger partial charge in [0.25, 0.3) is 5.91 Å². The van der Waals surface area contributed by atoms with E-state index in [0.717, 1.165) is 11.1 Å². The van der Waals surface area contributed by atoms with Crippen molar-refractivity contribution in [3.05, 3.63) is 65.0 Å². The van der Waals surface area contributed by atoms with Gasteiger partial charge in [0.05, 0.1) is 6.57 Å². The van der Waals surface area contributed by atoms with Gasteiger partial charge in [0.1, 0.15) is 12.4 Å². The molecule has 0 aromatic heterocycles. The van der Waals surface area contributed by atoms with Gasteiger partial charge in [0.15, 0.2) is 11.3 Å². The van der Waals surface area contributed by atoms with E-state index in [1.54, 1.807) is 43.3 Å². The van der Waals surface area contributed by atoms with E-state index in [2.05, 4.69) is 22.0 Å². The van der Waals surface area contributed by atoms with Crippen LogP contribution in [-0.2, 0) is 4.79 Å². The Morgan fingerprint density at radius 2 is 2.04 bits per heavy atom. The topological polar surface area (TPSA) is 62.9 Å². The van der Waals surface area contributed by atoms with Crippen molar-refractivity contribution in [1.82, 2.24) is 0 Å². The fourth-order valence-corrected chi connectivity index (χ4v) is 2.14. The summed E-state index contributed by atoms with van der Waals surface area (Å²) in [6.45, 7) is 11.8. The molecule has 5 heteroatoms. The summed E-state index contributed by atoms with van der Waals surface area (Å²) in [5.74, 6) is 5.71. The number of hydrogen-bond acceptors (Lipinski definition) is 3. The molecule has 0 radical (unpaired) electrons. The second-order valence-electron chi connectivity index (χ2n) is 6.03. The number of hydrogen-bond donors (Lipinski definition) is 2. The quantitative estimate of drug-likeness (QED) is 0.612. The van der Waals surface area contributed by atoms with Crippen LogP contribution in [0, 0.1) is 25.3 Å². The van der Waals surface area contributed by atoms with Crippen LogP contribution in [0.15, 0.2) is 42.5 Å². The van der Waals surface area contributed by atoms with Crippen LogP contribution >= 0.6 is 0 Å². The Balaban J connectivity index is 0.00000190. The lowest BCUT2D eigenvalue weighted by molar-refractivity contribution is -0.135. The fraction of sp³-hybridized carbons (Fsp3) is 0.273. The second kappa shape index (κ2) is 9.43. The van der Waals surface area contributed by atoms with Crippen molar-refractivity contribution < 1.29 is 16.0 Å². The SMILES string of the molecule is [3H]C.[C-]#[N+]c1ccc(OC[C@](C)(O)C(=O)Nc2ccc(C)c(C#CC)c2)cc1. The van der Waals surface area contributed by atoms with Gasteiger partial charge in [0.2, 0.25) is 0 Å². The van der Waals surface area contributed by atoms with E-state index in [0.29, 0.717) is 17.1 Å². The van der Waals surface area contributed by atoms with Gasteiger partial charge < -0.3 is 15.2 Å². The van der Waals surface area contributed by atoms with Gasteiger partial charge >= 0.3 is 0 Å². The molecule has 0 aliphatic carbocycles. The van der Waals surface area contributed by atoms with Gasteiger partial charge in [-0.25, -0.2) is 4.85 Å². The summed E-state index contributed by atoms with van der Waals surface area (Å²) in [5, 5.41) is 13.1. The molecule has 0 aliphatic rings. The predicted molar refractivity (Wildman–Crippen MR) is 108 cm³/mol. The highest BCUT2D eigenvalue weighted by Gasteiger charge is 2.31. The number of anilines is 1. The zero-order valence-electron chi connectivity index (χ0n) is 17.0. The number of benzene rings is 2. The van der Waals surface area contributed by atoms with Gasteiger partial charge in [-0.1, -0.05) is 31.5 Å². The Kier molecular flexibility index (Phi) is 7.00. The molecule has 0 fully saturated rings. The molecule has 0 spiro atoms. The zero-order valence-corrected chi connectivity index (χ0v) is 16.0. The van der Waals surface area contributed by atoms with Gasteiger partial charge in [0, 0.05) is 12.6 Å². The number of carbonyl (C=O) groups is 1. The summed E-state index contributed by atoms with van der Waals surface area (Å²) in [7, 11) is 1.25. The van der Waals surface area contributed by atoms with Crippen LogP contribution < -0.4 is 10.1 Å². The molecule has 0 saturated heterocycles. The molecule has 0 saturated carbocycles. The number of aryl methyl sites for hydroxylation is 1. The summed E-state index contributed by atoms with van der Waals surface area (Å²) < 4.78 is 11.2. The third-order valence-corrected chi connectivity index (χ3v) is 3.73. The lowest BCUT2D eigenvalue weighted by Crippen LogP contribution is -2.45. The number of nitrogens with one attached hydrogen (secondary N) is 1. The number of amides is 1. The molecule has 140 valence electrons. The lowest BCUT2D eigenvalue weighted by Gasteiger charge is -2.22. The number of carbonyl (C=O) groups excluding carboxylic acids is 1. The van der Waals surface area contributed by atoms with Gasteiger partial charge in [-0.3, -0.25) is 4.79 Å². The first-order valence-corrected chi connectivity index (χ1v) is 8.03. The zero-order chi connectivity index (χ0) is 21.2. The third-order valence-electron chi connectivity index (χ3n) is 3.73. The molecular weight excluding hydrogens is 340 g/mol. The Bertz CT molecular complexity index is 904. The smallest absolute Gasteiger partial charge is 0.259 e. The maximum absolute atomic E-state index is 12.4. The highest BCUT2D eigenvalue weighted by Crippen LogP contribution is 2.20. The maximum Gasteiger partial charge on any atom is 0.259 e. The van der Waals surface area contributed by atoms with Crippen LogP contribution in [-0.4, -0.2) is 23.2 Å². The number of ether oxygens (including phenoxy) is 1. The first kappa shape index (κ1) is 20.0. The molecule has 1 amide bonds. The Hall–Kier alpha value is -3.28. The van der Waals surface area contributed by atoms with Crippen molar-refractivity contribution in [2.45, 2.75) is 33.8 Å². The molecule has 2 rings (SSSR count). The van der Waals surface area contributed by atoms with Crippen molar-refractivity contribution in [2.75, 3.05) is 11.9 Å². The largest absolute Gasteiger partial charge is 0.490 e. The van der Waals surface area contributed by atoms with Gasteiger partial charge in [-0.2, -0.15) is 0 Å². The van der Waals surface area contributed by atoms with Crippen LogP contribution in [0.3, 0.4) is 0 Å². The van der Waals surface area contributed by atoms with Gasteiger partial charge in [-0.15, -0.1) is 5.92 Å². The van der Waals surface area contributed by atoms with E-state index in [-0.39, 0.29) is 6.61 Å². The summed E-state index contributed by atoms with van der Waals surface area (Å²) in [6, 6.07) is 11.9. The predicted octanol–water partition coefficient (Wildman–Crippen LogP) is 4.32. The first-order valence-electron chi connectivity index (χ1n) is 9.03. The second-order valence-corrected chi connectivity index (χ2v) is 6.03. The molecule has 0 unspecified atom stereocenters. The molecule has 1 atom stereocenters. The third kappa shape index (κ3) is 5.88. The minimum atomic E-state index is -1.72. The summed E-state index contributed by atoms with van der Waals surface area (Å²) in [4.78, 5) is 15.7. The summed E-state index contributed by atoms with van der Waals surface area (Å²) in [5.41, 5.74) is 1.16. The summed E-state index contributed by atoms with van der Waals surface area (Å²) in [6.07, 6.45) is 0. The Morgan fingerprint density at radius 1 is 1.37 bits per heavy atom. The highest BCUT2D eigenvalue weighted by molar-refractivity contribution is 5.97. The molecule has 2 aromatic carbocycles. The standard InChI is InChI=1S/C21H20N2O3.CH4/c1-5-6-16-13-18(8-7-15(16)2)23-20(24)21(3,25)14-26-19-11-9-17(22-4)10-12-19;/h7-13,25H,14H2,1-3H3,(H,23,24);1H4/t21-;/m0./s1/i;1T. The van der Waals surface area contributed by atoms with E-state index in [1.165, 1.54) is 14.3 Å². The Morgan fingerprint density at radius 3 is 2.63 bits per heavy atom. The molecule has 27 heavy (non-hydrogen) atoms. The molecule has 2 N–H and O–H groups in total. The monoisotopic (exact) mass is 366 g/mol. The minimum absolute atomic E-state index is 0.219. The van der Waals surface area contributed by atoms with Crippen LogP contribution in [0.4, 0.5) is 11.4 Å². The average molecular weight is 366 g/mol.